The standard InChI is InChI=1S/C17H27N2O4/c1-3-19(4-2,9-11-20)10-12-21-16-13-22-17(23-16)14-7-5-6-8-15(14)18/h5-8,13,17,20H,3-4,9-12,18H2,1-2H3/q+1. The maximum absolute atomic E-state index is 9.24. The van der Waals surface area contributed by atoms with Crippen LogP contribution in [0.2, 0.25) is 0 Å². The van der Waals surface area contributed by atoms with E-state index < -0.39 is 6.29 Å². The highest BCUT2D eigenvalue weighted by atomic mass is 16.8. The van der Waals surface area contributed by atoms with Crippen molar-refractivity contribution in [1.82, 2.24) is 0 Å². The van der Waals surface area contributed by atoms with Crippen molar-refractivity contribution in [2.75, 3.05) is 45.1 Å². The number of nitrogens with two attached hydrogens (primary N) is 1. The minimum Gasteiger partial charge on any atom is -0.457 e. The third-order valence-electron chi connectivity index (χ3n) is 4.49. The number of aliphatic hydroxyl groups is 1. The van der Waals surface area contributed by atoms with Gasteiger partial charge in [0.05, 0.1) is 25.3 Å². The van der Waals surface area contributed by atoms with Gasteiger partial charge in [-0.15, -0.1) is 0 Å². The van der Waals surface area contributed by atoms with Crippen LogP contribution in [-0.2, 0) is 14.2 Å². The molecule has 0 spiro atoms. The lowest BCUT2D eigenvalue weighted by molar-refractivity contribution is -0.925. The molecule has 3 N–H and O–H groups in total. The van der Waals surface area contributed by atoms with Crippen molar-refractivity contribution in [2.24, 2.45) is 0 Å². The first kappa shape index (κ1) is 17.4. The monoisotopic (exact) mass is 323 g/mol. The molecular formula is C17H27N2O4+. The van der Waals surface area contributed by atoms with E-state index in [1.54, 1.807) is 0 Å². The molecule has 0 bridgehead atoms. The lowest BCUT2D eigenvalue weighted by Gasteiger charge is -2.36. The quantitative estimate of drug-likeness (QED) is 0.537. The fourth-order valence-electron chi connectivity index (χ4n) is 2.73. The second-order valence-electron chi connectivity index (χ2n) is 5.65. The number of rotatable bonds is 9. The molecule has 0 radical (unpaired) electrons. The topological polar surface area (TPSA) is 73.9 Å². The second kappa shape index (κ2) is 8.08. The molecule has 0 saturated carbocycles. The van der Waals surface area contributed by atoms with E-state index in [0.717, 1.165) is 36.2 Å². The predicted octanol–water partition coefficient (Wildman–Crippen LogP) is 1.98. The minimum absolute atomic E-state index is 0.180. The number of anilines is 1. The molecule has 2 rings (SSSR count). The van der Waals surface area contributed by atoms with Gasteiger partial charge in [-0.05, 0) is 26.0 Å². The van der Waals surface area contributed by atoms with Crippen molar-refractivity contribution < 1.29 is 23.8 Å². The molecule has 1 atom stereocenters. The Morgan fingerprint density at radius 1 is 1.22 bits per heavy atom. The predicted molar refractivity (Wildman–Crippen MR) is 88.0 cm³/mol. The molecule has 1 aromatic carbocycles. The Bertz CT molecular complexity index is 529. The van der Waals surface area contributed by atoms with E-state index in [2.05, 4.69) is 13.8 Å². The Hall–Kier alpha value is -1.92. The van der Waals surface area contributed by atoms with Crippen LogP contribution in [0.15, 0.2) is 36.5 Å². The Labute approximate surface area is 137 Å². The fourth-order valence-corrected chi connectivity index (χ4v) is 2.73. The number of aliphatic hydroxyl groups excluding tert-OH is 1. The van der Waals surface area contributed by atoms with Gasteiger partial charge in [0, 0.05) is 5.69 Å². The van der Waals surface area contributed by atoms with Crippen LogP contribution in [0.25, 0.3) is 0 Å². The highest BCUT2D eigenvalue weighted by molar-refractivity contribution is 5.47. The molecule has 1 heterocycles. The smallest absolute Gasteiger partial charge is 0.319 e. The zero-order valence-electron chi connectivity index (χ0n) is 13.9. The van der Waals surface area contributed by atoms with Crippen molar-refractivity contribution in [3.8, 4) is 0 Å². The van der Waals surface area contributed by atoms with Gasteiger partial charge < -0.3 is 29.5 Å². The van der Waals surface area contributed by atoms with Crippen molar-refractivity contribution in [3.05, 3.63) is 42.0 Å². The maximum Gasteiger partial charge on any atom is 0.319 e. The molecular weight excluding hydrogens is 296 g/mol. The molecule has 0 fully saturated rings. The van der Waals surface area contributed by atoms with E-state index in [-0.39, 0.29) is 6.61 Å². The average molecular weight is 323 g/mol. The molecule has 1 aliphatic heterocycles. The highest BCUT2D eigenvalue weighted by Gasteiger charge is 2.26. The molecule has 128 valence electrons. The molecule has 1 aliphatic rings. The summed E-state index contributed by atoms with van der Waals surface area (Å²) in [6, 6.07) is 7.44. The maximum atomic E-state index is 9.24. The van der Waals surface area contributed by atoms with Gasteiger partial charge >= 0.3 is 5.95 Å². The van der Waals surface area contributed by atoms with Crippen LogP contribution < -0.4 is 5.73 Å². The lowest BCUT2D eigenvalue weighted by atomic mass is 10.2. The summed E-state index contributed by atoms with van der Waals surface area (Å²) in [5, 5.41) is 9.24. The van der Waals surface area contributed by atoms with Gasteiger partial charge in [-0.2, -0.15) is 0 Å². The lowest BCUT2D eigenvalue weighted by Crippen LogP contribution is -2.51. The molecule has 0 amide bonds. The van der Waals surface area contributed by atoms with Gasteiger partial charge in [-0.25, -0.2) is 0 Å². The number of quaternary nitrogens is 1. The molecule has 0 aromatic heterocycles. The Morgan fingerprint density at radius 3 is 2.61 bits per heavy atom. The van der Waals surface area contributed by atoms with Gasteiger partial charge in [0.15, 0.2) is 6.26 Å². The van der Waals surface area contributed by atoms with Crippen LogP contribution in [0.4, 0.5) is 5.69 Å². The summed E-state index contributed by atoms with van der Waals surface area (Å²) in [4.78, 5) is 0. The van der Waals surface area contributed by atoms with Gasteiger partial charge in [0.25, 0.3) is 6.29 Å². The molecule has 0 aliphatic carbocycles. The second-order valence-corrected chi connectivity index (χ2v) is 5.65. The summed E-state index contributed by atoms with van der Waals surface area (Å²) in [5.74, 6) is 0.368. The van der Waals surface area contributed by atoms with Gasteiger partial charge in [-0.3, -0.25) is 0 Å². The Morgan fingerprint density at radius 2 is 1.96 bits per heavy atom. The van der Waals surface area contributed by atoms with E-state index in [1.807, 2.05) is 24.3 Å². The van der Waals surface area contributed by atoms with Gasteiger partial charge in [0.1, 0.15) is 19.7 Å². The average Bonchev–Trinajstić information content (AvgIpc) is 3.03. The van der Waals surface area contributed by atoms with Crippen LogP contribution >= 0.6 is 0 Å². The first-order valence-corrected chi connectivity index (χ1v) is 8.09. The van der Waals surface area contributed by atoms with Crippen LogP contribution in [0, 0.1) is 0 Å². The largest absolute Gasteiger partial charge is 0.457 e. The zero-order chi connectivity index (χ0) is 16.7. The van der Waals surface area contributed by atoms with Crippen LogP contribution in [-0.4, -0.2) is 49.0 Å². The third kappa shape index (κ3) is 4.30. The fraction of sp³-hybridized carbons (Fsp3) is 0.529. The number of nitrogens with zero attached hydrogens (tertiary/aromatic N) is 1. The van der Waals surface area contributed by atoms with E-state index in [9.17, 15) is 5.11 Å². The Kier molecular flexibility index (Phi) is 6.12. The van der Waals surface area contributed by atoms with E-state index >= 15 is 0 Å². The summed E-state index contributed by atoms with van der Waals surface area (Å²) in [7, 11) is 0. The van der Waals surface area contributed by atoms with E-state index in [0.29, 0.717) is 18.2 Å². The Balaban J connectivity index is 1.83. The van der Waals surface area contributed by atoms with Crippen molar-refractivity contribution in [1.29, 1.82) is 0 Å². The molecule has 6 nitrogen and oxygen atoms in total. The van der Waals surface area contributed by atoms with Gasteiger partial charge in [0.2, 0.25) is 0 Å². The summed E-state index contributed by atoms with van der Waals surface area (Å²) in [5.41, 5.74) is 7.34. The summed E-state index contributed by atoms with van der Waals surface area (Å²) in [6.07, 6.45) is 0.927. The number of nitrogen functional groups attached to an aromatic ring is 1. The van der Waals surface area contributed by atoms with Crippen molar-refractivity contribution in [2.45, 2.75) is 20.1 Å². The number of para-hydroxylation sites is 1. The first-order valence-electron chi connectivity index (χ1n) is 8.09. The molecule has 6 heteroatoms. The van der Waals surface area contributed by atoms with Crippen molar-refractivity contribution >= 4 is 5.69 Å². The molecule has 1 aromatic rings. The summed E-state index contributed by atoms with van der Waals surface area (Å²) in [6.45, 7) is 8.40. The molecule has 1 unspecified atom stereocenters. The summed E-state index contributed by atoms with van der Waals surface area (Å²) < 4.78 is 17.6. The number of benzene rings is 1. The highest BCUT2D eigenvalue weighted by Crippen LogP contribution is 2.31. The normalized spacial score (nSPS) is 17.3. The number of likely N-dealkylation sites (N-methyl/N-ethyl adjacent to an activating group) is 1. The number of ether oxygens (including phenoxy) is 3. The van der Waals surface area contributed by atoms with E-state index in [1.165, 1.54) is 6.26 Å². The molecule has 0 saturated heterocycles. The van der Waals surface area contributed by atoms with Crippen LogP contribution in [0.3, 0.4) is 0 Å². The first-order chi connectivity index (χ1) is 11.1. The van der Waals surface area contributed by atoms with E-state index in [4.69, 9.17) is 19.9 Å². The SMILES string of the molecule is CC[N+](CC)(CCO)CCOC1=COC(c2ccccc2N)O1. The minimum atomic E-state index is -0.555. The van der Waals surface area contributed by atoms with Crippen LogP contribution in [0.5, 0.6) is 0 Å². The molecule has 23 heavy (non-hydrogen) atoms. The van der Waals surface area contributed by atoms with Gasteiger partial charge in [-0.1, -0.05) is 12.1 Å². The zero-order valence-corrected chi connectivity index (χ0v) is 13.9. The number of hydrogen-bond acceptors (Lipinski definition) is 5. The van der Waals surface area contributed by atoms with Crippen molar-refractivity contribution in [3.63, 3.8) is 0 Å². The summed E-state index contributed by atoms with van der Waals surface area (Å²) >= 11 is 0. The number of hydrogen-bond donors (Lipinski definition) is 2. The van der Waals surface area contributed by atoms with Crippen LogP contribution in [0.1, 0.15) is 25.7 Å². The third-order valence-corrected chi connectivity index (χ3v) is 4.49.